The summed E-state index contributed by atoms with van der Waals surface area (Å²) < 4.78 is 1.69. The number of hydrogen-bond donors (Lipinski definition) is 1. The van der Waals surface area contributed by atoms with Crippen LogP contribution in [-0.2, 0) is 0 Å². The Morgan fingerprint density at radius 2 is 2.15 bits per heavy atom. The van der Waals surface area contributed by atoms with Gasteiger partial charge in [0.1, 0.15) is 0 Å². The van der Waals surface area contributed by atoms with Crippen molar-refractivity contribution >= 4 is 28.8 Å². The third-order valence-electron chi connectivity index (χ3n) is 4.81. The second kappa shape index (κ2) is 6.53. The summed E-state index contributed by atoms with van der Waals surface area (Å²) in [5.41, 5.74) is 2.08. The summed E-state index contributed by atoms with van der Waals surface area (Å²) in [5.74, 6) is -0.133. The highest BCUT2D eigenvalue weighted by atomic mass is 32.1. The van der Waals surface area contributed by atoms with Gasteiger partial charge in [0.15, 0.2) is 5.65 Å². The first kappa shape index (κ1) is 16.7. The summed E-state index contributed by atoms with van der Waals surface area (Å²) in [6, 6.07) is 5.58. The highest BCUT2D eigenvalue weighted by Gasteiger charge is 2.33. The molecule has 0 saturated carbocycles. The summed E-state index contributed by atoms with van der Waals surface area (Å²) in [6.45, 7) is 2.59. The van der Waals surface area contributed by atoms with Crippen molar-refractivity contribution in [1.29, 1.82) is 0 Å². The van der Waals surface area contributed by atoms with Crippen LogP contribution in [0.15, 0.2) is 30.6 Å². The van der Waals surface area contributed by atoms with E-state index in [0.29, 0.717) is 17.0 Å². The molecular formula is C18H19N5O2S. The Morgan fingerprint density at radius 1 is 1.31 bits per heavy atom. The Balaban J connectivity index is 1.65. The average Bonchev–Trinajstić information content (AvgIpc) is 3.39. The quantitative estimate of drug-likeness (QED) is 0.769. The third kappa shape index (κ3) is 2.66. The normalized spacial score (nSPS) is 17.0. The number of carbonyl (C=O) groups is 2. The number of amides is 2. The number of rotatable bonds is 3. The van der Waals surface area contributed by atoms with Crippen LogP contribution in [0.2, 0.25) is 0 Å². The summed E-state index contributed by atoms with van der Waals surface area (Å²) >= 11 is 1.45. The maximum Gasteiger partial charge on any atom is 0.261 e. The molecule has 1 N–H and O–H groups in total. The molecule has 2 amide bonds. The van der Waals surface area contributed by atoms with Gasteiger partial charge in [-0.05, 0) is 31.9 Å². The van der Waals surface area contributed by atoms with E-state index >= 15 is 0 Å². The maximum absolute atomic E-state index is 13.2. The van der Waals surface area contributed by atoms with E-state index in [1.54, 1.807) is 24.0 Å². The molecule has 1 aliphatic rings. The highest BCUT2D eigenvalue weighted by molar-refractivity contribution is 7.14. The minimum absolute atomic E-state index is 0.00127. The van der Waals surface area contributed by atoms with Crippen LogP contribution >= 0.6 is 11.3 Å². The van der Waals surface area contributed by atoms with Crippen molar-refractivity contribution in [2.75, 3.05) is 13.6 Å². The molecule has 0 spiro atoms. The molecule has 0 aromatic carbocycles. The first-order valence-corrected chi connectivity index (χ1v) is 9.34. The van der Waals surface area contributed by atoms with E-state index in [9.17, 15) is 9.59 Å². The Morgan fingerprint density at radius 3 is 2.96 bits per heavy atom. The second-order valence-electron chi connectivity index (χ2n) is 6.30. The topological polar surface area (TPSA) is 79.6 Å². The van der Waals surface area contributed by atoms with Crippen LogP contribution in [-0.4, -0.2) is 44.9 Å². The first-order valence-electron chi connectivity index (χ1n) is 8.52. The van der Waals surface area contributed by atoms with Crippen molar-refractivity contribution in [1.82, 2.24) is 24.8 Å². The minimum Gasteiger partial charge on any atom is -0.354 e. The van der Waals surface area contributed by atoms with Crippen LogP contribution < -0.4 is 5.32 Å². The Labute approximate surface area is 154 Å². The van der Waals surface area contributed by atoms with Gasteiger partial charge < -0.3 is 10.2 Å². The number of aromatic nitrogens is 3. The molecular weight excluding hydrogens is 350 g/mol. The summed E-state index contributed by atoms with van der Waals surface area (Å²) in [4.78, 5) is 32.9. The summed E-state index contributed by atoms with van der Waals surface area (Å²) in [7, 11) is 1.62. The summed E-state index contributed by atoms with van der Waals surface area (Å²) in [5, 5.41) is 6.88. The summed E-state index contributed by atoms with van der Waals surface area (Å²) in [6.07, 6.45) is 5.15. The molecule has 1 atom stereocenters. The Hall–Kier alpha value is -2.74. The third-order valence-corrected chi connectivity index (χ3v) is 5.99. The van der Waals surface area contributed by atoms with Gasteiger partial charge in [0.05, 0.1) is 28.4 Å². The molecule has 4 heterocycles. The minimum atomic E-state index is -0.0960. The van der Waals surface area contributed by atoms with E-state index in [4.69, 9.17) is 0 Å². The molecule has 3 aromatic heterocycles. The van der Waals surface area contributed by atoms with Crippen molar-refractivity contribution in [2.45, 2.75) is 25.8 Å². The zero-order chi connectivity index (χ0) is 18.3. The molecule has 0 bridgehead atoms. The molecule has 4 rings (SSSR count). The van der Waals surface area contributed by atoms with Crippen molar-refractivity contribution in [3.8, 4) is 0 Å². The van der Waals surface area contributed by atoms with Crippen molar-refractivity contribution in [3.05, 3.63) is 51.6 Å². The second-order valence-corrected chi connectivity index (χ2v) is 7.41. The smallest absolute Gasteiger partial charge is 0.261 e. The number of hydrogen-bond acceptors (Lipinski definition) is 5. The predicted octanol–water partition coefficient (Wildman–Crippen LogP) is 2.44. The van der Waals surface area contributed by atoms with Crippen molar-refractivity contribution in [3.63, 3.8) is 0 Å². The highest BCUT2D eigenvalue weighted by Crippen LogP contribution is 2.37. The van der Waals surface area contributed by atoms with E-state index in [0.717, 1.165) is 29.1 Å². The van der Waals surface area contributed by atoms with E-state index in [1.807, 2.05) is 30.0 Å². The molecule has 1 fully saturated rings. The van der Waals surface area contributed by atoms with Gasteiger partial charge in [-0.1, -0.05) is 0 Å². The lowest BCUT2D eigenvalue weighted by Crippen LogP contribution is -2.31. The number of fused-ring (bicyclic) bond motifs is 1. The SMILES string of the molecule is CNC(=O)c1ccc([C@H]2CCCN2C(=O)c2cnc3ccnn3c2C)s1. The zero-order valence-corrected chi connectivity index (χ0v) is 15.4. The van der Waals surface area contributed by atoms with Gasteiger partial charge >= 0.3 is 0 Å². The van der Waals surface area contributed by atoms with Gasteiger partial charge in [-0.2, -0.15) is 5.10 Å². The molecule has 26 heavy (non-hydrogen) atoms. The molecule has 8 heteroatoms. The monoisotopic (exact) mass is 369 g/mol. The largest absolute Gasteiger partial charge is 0.354 e. The molecule has 1 saturated heterocycles. The van der Waals surface area contributed by atoms with Crippen LogP contribution in [0.25, 0.3) is 5.65 Å². The molecule has 0 radical (unpaired) electrons. The fourth-order valence-electron chi connectivity index (χ4n) is 3.44. The van der Waals surface area contributed by atoms with Gasteiger partial charge in [-0.25, -0.2) is 9.50 Å². The van der Waals surface area contributed by atoms with E-state index in [2.05, 4.69) is 15.4 Å². The number of nitrogens with one attached hydrogen (secondary N) is 1. The molecule has 0 aliphatic carbocycles. The lowest BCUT2D eigenvalue weighted by atomic mass is 10.1. The molecule has 134 valence electrons. The van der Waals surface area contributed by atoms with E-state index in [-0.39, 0.29) is 17.9 Å². The van der Waals surface area contributed by atoms with Crippen LogP contribution in [0.1, 0.15) is 49.5 Å². The standard InChI is InChI=1S/C18H19N5O2S/c1-11-12(10-20-16-7-8-21-23(11)16)18(25)22-9-3-4-13(22)14-5-6-15(26-14)17(24)19-2/h5-8,10,13H,3-4,9H2,1-2H3,(H,19,24)/t13-/m1/s1. The molecule has 3 aromatic rings. The Bertz CT molecular complexity index is 993. The fraction of sp³-hybridized carbons (Fsp3) is 0.333. The predicted molar refractivity (Wildman–Crippen MR) is 98.4 cm³/mol. The first-order chi connectivity index (χ1) is 12.6. The van der Waals surface area contributed by atoms with Gasteiger partial charge in [0.25, 0.3) is 11.8 Å². The maximum atomic E-state index is 13.2. The van der Waals surface area contributed by atoms with Gasteiger partial charge in [0, 0.05) is 30.7 Å². The fourth-order valence-corrected chi connectivity index (χ4v) is 4.54. The van der Waals surface area contributed by atoms with Crippen LogP contribution in [0.5, 0.6) is 0 Å². The van der Waals surface area contributed by atoms with Crippen LogP contribution in [0, 0.1) is 6.92 Å². The van der Waals surface area contributed by atoms with Crippen LogP contribution in [0.3, 0.4) is 0 Å². The van der Waals surface area contributed by atoms with E-state index < -0.39 is 0 Å². The van der Waals surface area contributed by atoms with Gasteiger partial charge in [0.2, 0.25) is 0 Å². The van der Waals surface area contributed by atoms with Gasteiger partial charge in [-0.15, -0.1) is 11.3 Å². The molecule has 1 aliphatic heterocycles. The average molecular weight is 369 g/mol. The lowest BCUT2D eigenvalue weighted by molar-refractivity contribution is 0.0735. The number of likely N-dealkylation sites (tertiary alicyclic amines) is 1. The molecule has 0 unspecified atom stereocenters. The van der Waals surface area contributed by atoms with Gasteiger partial charge in [-0.3, -0.25) is 9.59 Å². The van der Waals surface area contributed by atoms with E-state index in [1.165, 1.54) is 11.3 Å². The van der Waals surface area contributed by atoms with Crippen molar-refractivity contribution in [2.24, 2.45) is 0 Å². The molecule has 7 nitrogen and oxygen atoms in total. The zero-order valence-electron chi connectivity index (χ0n) is 14.6. The number of nitrogens with zero attached hydrogens (tertiary/aromatic N) is 4. The number of carbonyl (C=O) groups excluding carboxylic acids is 2. The lowest BCUT2D eigenvalue weighted by Gasteiger charge is -2.24. The van der Waals surface area contributed by atoms with Crippen molar-refractivity contribution < 1.29 is 9.59 Å². The number of thiophene rings is 1. The van der Waals surface area contributed by atoms with Crippen LogP contribution in [0.4, 0.5) is 0 Å². The number of aryl methyl sites for hydroxylation is 1. The Kier molecular flexibility index (Phi) is 4.20.